The highest BCUT2D eigenvalue weighted by molar-refractivity contribution is 5.87. The molecule has 5 nitrogen and oxygen atoms in total. The van der Waals surface area contributed by atoms with Crippen LogP contribution < -0.4 is 0 Å². The van der Waals surface area contributed by atoms with Gasteiger partial charge >= 0.3 is 6.03 Å². The van der Waals surface area contributed by atoms with Crippen molar-refractivity contribution in [2.45, 2.75) is 13.3 Å². The fourth-order valence-electron chi connectivity index (χ4n) is 2.65. The van der Waals surface area contributed by atoms with Gasteiger partial charge < -0.3 is 0 Å². The van der Waals surface area contributed by atoms with Crippen LogP contribution in [0.15, 0.2) is 59.7 Å². The van der Waals surface area contributed by atoms with Crippen molar-refractivity contribution in [1.82, 2.24) is 9.55 Å². The molecule has 0 saturated carbocycles. The van der Waals surface area contributed by atoms with Crippen LogP contribution in [-0.2, 0) is 0 Å². The van der Waals surface area contributed by atoms with Crippen LogP contribution in [0, 0.1) is 0 Å². The summed E-state index contributed by atoms with van der Waals surface area (Å²) in [5, 5.41) is 0. The highest BCUT2D eigenvalue weighted by Crippen LogP contribution is 2.33. The first-order valence-electron chi connectivity index (χ1n) is 6.90. The molecule has 1 aliphatic rings. The zero-order valence-corrected chi connectivity index (χ0v) is 12.1. The Labute approximate surface area is 123 Å². The smallest absolute Gasteiger partial charge is 0.245 e. The summed E-state index contributed by atoms with van der Waals surface area (Å²) >= 11 is 0. The minimum atomic E-state index is -0.0842. The van der Waals surface area contributed by atoms with E-state index in [1.807, 2.05) is 44.3 Å². The van der Waals surface area contributed by atoms with Crippen molar-refractivity contribution in [3.63, 3.8) is 0 Å². The zero-order valence-electron chi connectivity index (χ0n) is 12.1. The Morgan fingerprint density at radius 3 is 2.67 bits per heavy atom. The minimum Gasteiger partial charge on any atom is -0.245 e. The number of carbonyl (C=O) groups is 1. The number of quaternary nitrogens is 1. The Hall–Kier alpha value is -2.53. The summed E-state index contributed by atoms with van der Waals surface area (Å²) in [5.41, 5.74) is 2.90. The predicted molar refractivity (Wildman–Crippen MR) is 81.4 cm³/mol. The van der Waals surface area contributed by atoms with E-state index in [9.17, 15) is 4.79 Å². The molecule has 2 heterocycles. The minimum absolute atomic E-state index is 0.0527. The zero-order chi connectivity index (χ0) is 14.9. The van der Waals surface area contributed by atoms with Crippen LogP contribution in [0.3, 0.4) is 0 Å². The molecule has 2 aromatic rings. The monoisotopic (exact) mass is 281 g/mol. The van der Waals surface area contributed by atoms with Gasteiger partial charge in [0, 0.05) is 24.4 Å². The molecule has 1 atom stereocenters. The van der Waals surface area contributed by atoms with Crippen LogP contribution in [0.4, 0.5) is 4.79 Å². The van der Waals surface area contributed by atoms with Gasteiger partial charge in [0.15, 0.2) is 0 Å². The molecule has 21 heavy (non-hydrogen) atoms. The molecule has 1 aliphatic heterocycles. The van der Waals surface area contributed by atoms with Gasteiger partial charge in [-0.2, -0.15) is 9.48 Å². The van der Waals surface area contributed by atoms with Gasteiger partial charge in [0.1, 0.15) is 17.7 Å². The van der Waals surface area contributed by atoms with E-state index < -0.39 is 0 Å². The second-order valence-electron chi connectivity index (χ2n) is 5.09. The summed E-state index contributed by atoms with van der Waals surface area (Å²) in [6.07, 6.45) is 7.23. The highest BCUT2D eigenvalue weighted by Gasteiger charge is 2.42. The van der Waals surface area contributed by atoms with E-state index in [1.165, 1.54) is 10.9 Å². The molecule has 1 aromatic heterocycles. The molecular formula is C16H17N4O+. The third kappa shape index (κ3) is 2.11. The molecule has 1 aromatic carbocycles. The highest BCUT2D eigenvalue weighted by atomic mass is 16.2. The van der Waals surface area contributed by atoms with Crippen molar-refractivity contribution in [3.8, 4) is 0 Å². The Kier molecular flexibility index (Phi) is 3.27. The number of carbonyl (C=O) groups excluding carboxylic acids is 1. The summed E-state index contributed by atoms with van der Waals surface area (Å²) in [6.45, 7) is 2.05. The molecule has 1 amide bonds. The molecule has 0 aliphatic carbocycles. The van der Waals surface area contributed by atoms with E-state index in [2.05, 4.69) is 9.98 Å². The standard InChI is InChI=1S/C16H17N4O/c1-3-14-15(13-7-5-4-6-8-13)18-12-20(14,2)16(21)19-10-9-17-11-19/h4-12H,3H2,1-2H3/q+1. The molecule has 1 unspecified atom stereocenters. The van der Waals surface area contributed by atoms with Crippen LogP contribution in [-0.4, -0.2) is 33.5 Å². The molecule has 0 N–H and O–H groups in total. The van der Waals surface area contributed by atoms with Gasteiger partial charge in [-0.3, -0.25) is 0 Å². The quantitative estimate of drug-likeness (QED) is 0.794. The van der Waals surface area contributed by atoms with E-state index in [0.717, 1.165) is 23.4 Å². The van der Waals surface area contributed by atoms with Gasteiger partial charge in [-0.1, -0.05) is 37.3 Å². The molecule has 0 bridgehead atoms. The van der Waals surface area contributed by atoms with Gasteiger partial charge in [-0.05, 0) is 0 Å². The average molecular weight is 281 g/mol. The third-order valence-corrected chi connectivity index (χ3v) is 3.76. The molecule has 0 radical (unpaired) electrons. The lowest BCUT2D eigenvalue weighted by molar-refractivity contribution is -0.682. The Bertz CT molecular complexity index is 716. The number of benzene rings is 1. The SMILES string of the molecule is CCC1=C(c2ccccc2)N=C[N+]1(C)C(=O)n1ccnc1. The van der Waals surface area contributed by atoms with Crippen molar-refractivity contribution in [2.75, 3.05) is 7.05 Å². The number of aromatic nitrogens is 2. The summed E-state index contributed by atoms with van der Waals surface area (Å²) in [4.78, 5) is 21.2. The van der Waals surface area contributed by atoms with Crippen LogP contribution in [0.2, 0.25) is 0 Å². The van der Waals surface area contributed by atoms with Gasteiger partial charge in [-0.15, -0.1) is 0 Å². The van der Waals surface area contributed by atoms with Crippen LogP contribution in [0.5, 0.6) is 0 Å². The fourth-order valence-corrected chi connectivity index (χ4v) is 2.65. The van der Waals surface area contributed by atoms with Crippen molar-refractivity contribution in [1.29, 1.82) is 0 Å². The number of hydrogen-bond acceptors (Lipinski definition) is 3. The van der Waals surface area contributed by atoms with Gasteiger partial charge in [0.25, 0.3) is 0 Å². The lowest BCUT2D eigenvalue weighted by atomic mass is 10.1. The van der Waals surface area contributed by atoms with E-state index in [-0.39, 0.29) is 10.5 Å². The molecule has 5 heteroatoms. The number of amides is 1. The van der Waals surface area contributed by atoms with Crippen molar-refractivity contribution >= 4 is 18.1 Å². The number of nitrogens with zero attached hydrogens (tertiary/aromatic N) is 4. The third-order valence-electron chi connectivity index (χ3n) is 3.76. The maximum Gasteiger partial charge on any atom is 0.439 e. The molecule has 3 rings (SSSR count). The van der Waals surface area contributed by atoms with E-state index in [4.69, 9.17) is 0 Å². The summed E-state index contributed by atoms with van der Waals surface area (Å²) < 4.78 is 1.55. The summed E-state index contributed by atoms with van der Waals surface area (Å²) in [7, 11) is 1.86. The maximum atomic E-state index is 12.7. The first kappa shape index (κ1) is 13.5. The molecule has 0 saturated heterocycles. The first-order chi connectivity index (χ1) is 10.2. The van der Waals surface area contributed by atoms with Gasteiger partial charge in [0.05, 0.1) is 7.05 Å². The predicted octanol–water partition coefficient (Wildman–Crippen LogP) is 3.12. The van der Waals surface area contributed by atoms with Crippen LogP contribution in [0.25, 0.3) is 5.70 Å². The lowest BCUT2D eigenvalue weighted by Crippen LogP contribution is -2.47. The second kappa shape index (κ2) is 5.10. The topological polar surface area (TPSA) is 47.2 Å². The average Bonchev–Trinajstić information content (AvgIpc) is 3.15. The fraction of sp³-hybridized carbons (Fsp3) is 0.188. The van der Waals surface area contributed by atoms with E-state index >= 15 is 0 Å². The number of aliphatic imine (C=N–C) groups is 1. The first-order valence-corrected chi connectivity index (χ1v) is 6.90. The van der Waals surface area contributed by atoms with Crippen molar-refractivity contribution in [2.24, 2.45) is 4.99 Å². The van der Waals surface area contributed by atoms with Gasteiger partial charge in [-0.25, -0.2) is 14.3 Å². The lowest BCUT2D eigenvalue weighted by Gasteiger charge is -2.24. The molecular weight excluding hydrogens is 264 g/mol. The largest absolute Gasteiger partial charge is 0.439 e. The van der Waals surface area contributed by atoms with Crippen LogP contribution in [0.1, 0.15) is 18.9 Å². The number of allylic oxidation sites excluding steroid dienone is 1. The number of imidazole rings is 1. The Morgan fingerprint density at radius 1 is 1.29 bits per heavy atom. The maximum absolute atomic E-state index is 12.7. The van der Waals surface area contributed by atoms with E-state index in [1.54, 1.807) is 18.7 Å². The second-order valence-corrected chi connectivity index (χ2v) is 5.09. The summed E-state index contributed by atoms with van der Waals surface area (Å²) in [5.74, 6) is 0. The van der Waals surface area contributed by atoms with Crippen molar-refractivity contribution in [3.05, 3.63) is 60.3 Å². The normalized spacial score (nSPS) is 21.0. The van der Waals surface area contributed by atoms with Crippen LogP contribution >= 0.6 is 0 Å². The van der Waals surface area contributed by atoms with E-state index in [0.29, 0.717) is 0 Å². The Balaban J connectivity index is 2.07. The number of hydrogen-bond donors (Lipinski definition) is 0. The number of rotatable bonds is 2. The summed E-state index contributed by atoms with van der Waals surface area (Å²) in [6, 6.07) is 9.87. The molecule has 106 valence electrons. The Morgan fingerprint density at radius 2 is 2.05 bits per heavy atom. The molecule has 0 spiro atoms. The van der Waals surface area contributed by atoms with Gasteiger partial charge in [0.2, 0.25) is 6.34 Å². The van der Waals surface area contributed by atoms with Crippen molar-refractivity contribution < 1.29 is 9.28 Å². The molecule has 0 fully saturated rings.